The molecule has 0 saturated carbocycles. The summed E-state index contributed by atoms with van der Waals surface area (Å²) in [5, 5.41) is 13.8. The van der Waals surface area contributed by atoms with Crippen LogP contribution in [0.2, 0.25) is 0 Å². The lowest BCUT2D eigenvalue weighted by molar-refractivity contribution is -0.145. The summed E-state index contributed by atoms with van der Waals surface area (Å²) in [5.41, 5.74) is 4.73. The van der Waals surface area contributed by atoms with E-state index in [1.165, 1.54) is 0 Å². The number of epoxide rings is 1. The van der Waals surface area contributed by atoms with Gasteiger partial charge in [0.1, 0.15) is 18.7 Å². The fourth-order valence-corrected chi connectivity index (χ4v) is 3.07. The van der Waals surface area contributed by atoms with Gasteiger partial charge in [0, 0.05) is 0 Å². The average molecular weight is 523 g/mol. The van der Waals surface area contributed by atoms with Crippen LogP contribution in [0.1, 0.15) is 32.8 Å². The first kappa shape index (κ1) is 29.0. The van der Waals surface area contributed by atoms with E-state index in [0.29, 0.717) is 0 Å². The second-order valence-corrected chi connectivity index (χ2v) is 8.29. The molecule has 14 nitrogen and oxygen atoms in total. The van der Waals surface area contributed by atoms with Gasteiger partial charge in [0.2, 0.25) is 5.91 Å². The number of carboxylic acids is 1. The molecular weight excluding hydrogens is 492 g/mol. The minimum atomic E-state index is -1.60. The van der Waals surface area contributed by atoms with E-state index in [9.17, 15) is 28.8 Å². The van der Waals surface area contributed by atoms with Gasteiger partial charge in [-0.15, -0.1) is 0 Å². The number of alkyl carbamates (subject to hydrolysis) is 1. The number of hydrogen-bond donors (Lipinski definition) is 5. The van der Waals surface area contributed by atoms with E-state index in [1.54, 1.807) is 51.1 Å². The van der Waals surface area contributed by atoms with Crippen molar-refractivity contribution < 1.29 is 48.1 Å². The second-order valence-electron chi connectivity index (χ2n) is 8.29. The number of hydrogen-bond acceptors (Lipinski definition) is 9. The maximum Gasteiger partial charge on any atom is 0.408 e. The number of nitrogens with one attached hydrogen (secondary N) is 4. The Morgan fingerprint density at radius 2 is 1.62 bits per heavy atom. The molecule has 0 bridgehead atoms. The highest BCUT2D eigenvalue weighted by atomic mass is 16.6. The van der Waals surface area contributed by atoms with Crippen molar-refractivity contribution >= 4 is 35.8 Å². The summed E-state index contributed by atoms with van der Waals surface area (Å²) < 4.78 is 14.7. The highest BCUT2D eigenvalue weighted by Crippen LogP contribution is 2.23. The quantitative estimate of drug-likeness (QED) is 0.134. The molecule has 1 heterocycles. The lowest BCUT2D eigenvalue weighted by Crippen LogP contribution is -2.58. The number of amides is 4. The molecule has 1 aromatic rings. The Morgan fingerprint density at radius 1 is 0.946 bits per heavy atom. The molecule has 0 radical (unpaired) electrons. The Labute approximate surface area is 212 Å². The minimum Gasteiger partial charge on any atom is -0.481 e. The van der Waals surface area contributed by atoms with Gasteiger partial charge in [0.05, 0.1) is 13.0 Å². The maximum absolute atomic E-state index is 12.8. The highest BCUT2D eigenvalue weighted by molar-refractivity contribution is 5.96. The molecule has 1 aliphatic rings. The summed E-state index contributed by atoms with van der Waals surface area (Å²) in [7, 11) is 0. The molecule has 1 fully saturated rings. The summed E-state index contributed by atoms with van der Waals surface area (Å²) in [4.78, 5) is 72.4. The molecule has 2 rings (SSSR count). The van der Waals surface area contributed by atoms with Crippen LogP contribution in [-0.2, 0) is 44.8 Å². The Hall–Kier alpha value is -4.20. The van der Waals surface area contributed by atoms with Crippen molar-refractivity contribution in [3.63, 3.8) is 0 Å². The van der Waals surface area contributed by atoms with Gasteiger partial charge in [-0.3, -0.25) is 30.0 Å². The van der Waals surface area contributed by atoms with Crippen LogP contribution < -0.4 is 21.5 Å². The lowest BCUT2D eigenvalue weighted by atomic mass is 10.0. The fourth-order valence-electron chi connectivity index (χ4n) is 3.07. The summed E-state index contributed by atoms with van der Waals surface area (Å²) in [6.45, 7) is 4.90. The number of benzene rings is 1. The Bertz CT molecular complexity index is 1000. The zero-order valence-electron chi connectivity index (χ0n) is 20.5. The van der Waals surface area contributed by atoms with Gasteiger partial charge in [-0.05, 0) is 18.4 Å². The van der Waals surface area contributed by atoms with Crippen LogP contribution in [0.3, 0.4) is 0 Å². The van der Waals surface area contributed by atoms with E-state index < -0.39 is 72.4 Å². The van der Waals surface area contributed by atoms with Gasteiger partial charge in [0.25, 0.3) is 11.8 Å². The number of rotatable bonds is 12. The number of carbonyl (C=O) groups is 6. The smallest absolute Gasteiger partial charge is 0.408 e. The molecule has 1 aromatic carbocycles. The average Bonchev–Trinajstić information content (AvgIpc) is 3.65. The fraction of sp³-hybridized carbons (Fsp3) is 0.478. The van der Waals surface area contributed by atoms with E-state index >= 15 is 0 Å². The number of carboxylic acid groups (broad SMARTS) is 1. The van der Waals surface area contributed by atoms with E-state index in [0.717, 1.165) is 5.56 Å². The molecule has 0 aliphatic carbocycles. The molecule has 4 amide bonds. The summed E-state index contributed by atoms with van der Waals surface area (Å²) in [6, 6.07) is 6.08. The van der Waals surface area contributed by atoms with Crippen LogP contribution in [0.25, 0.3) is 0 Å². The molecule has 2 unspecified atom stereocenters. The van der Waals surface area contributed by atoms with Gasteiger partial charge in [-0.2, -0.15) is 0 Å². The van der Waals surface area contributed by atoms with Gasteiger partial charge in [-0.25, -0.2) is 9.59 Å². The number of esters is 1. The molecule has 202 valence electrons. The van der Waals surface area contributed by atoms with Crippen LogP contribution in [-0.4, -0.2) is 71.8 Å². The standard InChI is InChI=1S/C23H30N4O10/c1-4-35-22(33)18-17(37-18)21(32)27-26-19(30)14(10-15(28)29)24-20(31)16(12(2)3)25-23(34)36-11-13-8-6-5-7-9-13/h5-9,12,14,16-18H,4,10-11H2,1-3H3,(H,24,31)(H,25,34)(H,26,30)(H,27,32)(H,28,29)/t14-,16-,17?,18?/m0/s1. The zero-order valence-corrected chi connectivity index (χ0v) is 20.5. The van der Waals surface area contributed by atoms with Crippen molar-refractivity contribution in [3.8, 4) is 0 Å². The molecule has 5 N–H and O–H groups in total. The molecule has 14 heteroatoms. The van der Waals surface area contributed by atoms with Crippen molar-refractivity contribution in [2.75, 3.05) is 6.61 Å². The van der Waals surface area contributed by atoms with Crippen molar-refractivity contribution in [3.05, 3.63) is 35.9 Å². The Morgan fingerprint density at radius 3 is 2.22 bits per heavy atom. The third-order valence-electron chi connectivity index (χ3n) is 5.02. The summed E-state index contributed by atoms with van der Waals surface area (Å²) >= 11 is 0. The lowest BCUT2D eigenvalue weighted by Gasteiger charge is -2.24. The largest absolute Gasteiger partial charge is 0.481 e. The van der Waals surface area contributed by atoms with Gasteiger partial charge < -0.3 is 30.0 Å². The zero-order chi connectivity index (χ0) is 27.5. The van der Waals surface area contributed by atoms with Crippen molar-refractivity contribution in [2.24, 2.45) is 5.92 Å². The first-order valence-corrected chi connectivity index (χ1v) is 11.4. The molecule has 37 heavy (non-hydrogen) atoms. The third kappa shape index (κ3) is 9.40. The number of carbonyl (C=O) groups excluding carboxylic acids is 5. The first-order chi connectivity index (χ1) is 17.5. The minimum absolute atomic E-state index is 0.0371. The van der Waals surface area contributed by atoms with E-state index in [-0.39, 0.29) is 13.2 Å². The molecule has 1 saturated heterocycles. The van der Waals surface area contributed by atoms with Crippen LogP contribution in [0, 0.1) is 5.92 Å². The summed E-state index contributed by atoms with van der Waals surface area (Å²) in [6.07, 6.45) is -3.98. The molecule has 0 spiro atoms. The van der Waals surface area contributed by atoms with E-state index in [1.807, 2.05) is 10.9 Å². The second kappa shape index (κ2) is 13.8. The van der Waals surface area contributed by atoms with Crippen LogP contribution in [0.4, 0.5) is 4.79 Å². The predicted octanol–water partition coefficient (Wildman–Crippen LogP) is -0.625. The number of hydrazine groups is 1. The maximum atomic E-state index is 12.8. The van der Waals surface area contributed by atoms with Gasteiger partial charge >= 0.3 is 18.0 Å². The normalized spacial score (nSPS) is 17.5. The predicted molar refractivity (Wildman–Crippen MR) is 124 cm³/mol. The molecule has 0 aromatic heterocycles. The highest BCUT2D eigenvalue weighted by Gasteiger charge is 2.51. The number of ether oxygens (including phenoxy) is 3. The van der Waals surface area contributed by atoms with Crippen LogP contribution >= 0.6 is 0 Å². The molecule has 4 atom stereocenters. The SMILES string of the molecule is CCOC(=O)C1OC1C(=O)NNC(=O)[C@H](CC(=O)O)NC(=O)[C@@H](NC(=O)OCc1ccccc1)C(C)C. The first-order valence-electron chi connectivity index (χ1n) is 11.4. The number of aliphatic carboxylic acids is 1. The Kier molecular flexibility index (Phi) is 10.8. The van der Waals surface area contributed by atoms with Gasteiger partial charge in [0.15, 0.2) is 12.2 Å². The van der Waals surface area contributed by atoms with Crippen molar-refractivity contribution in [1.29, 1.82) is 0 Å². The van der Waals surface area contributed by atoms with Crippen LogP contribution in [0.5, 0.6) is 0 Å². The molecular formula is C23H30N4O10. The molecule has 1 aliphatic heterocycles. The van der Waals surface area contributed by atoms with Crippen molar-refractivity contribution in [2.45, 2.75) is 58.1 Å². The topological polar surface area (TPSA) is 202 Å². The Balaban J connectivity index is 1.92. The summed E-state index contributed by atoms with van der Waals surface area (Å²) in [5.74, 6) is -5.35. The monoisotopic (exact) mass is 522 g/mol. The third-order valence-corrected chi connectivity index (χ3v) is 5.02. The van der Waals surface area contributed by atoms with E-state index in [4.69, 9.17) is 19.3 Å². The van der Waals surface area contributed by atoms with E-state index in [2.05, 4.69) is 10.6 Å². The van der Waals surface area contributed by atoms with Crippen LogP contribution in [0.15, 0.2) is 30.3 Å². The van der Waals surface area contributed by atoms with Gasteiger partial charge in [-0.1, -0.05) is 44.2 Å². The van der Waals surface area contributed by atoms with Crippen molar-refractivity contribution in [1.82, 2.24) is 21.5 Å².